The fraction of sp³-hybridized carbons (Fsp3) is 0.588. The van der Waals surface area contributed by atoms with E-state index in [0.29, 0.717) is 6.61 Å². The van der Waals surface area contributed by atoms with Crippen molar-refractivity contribution in [3.63, 3.8) is 0 Å². The molecular weight excluding hydrogens is 394 g/mol. The number of benzene rings is 1. The van der Waals surface area contributed by atoms with Crippen LogP contribution >= 0.6 is 27.5 Å². The molecule has 2 rings (SSSR count). The van der Waals surface area contributed by atoms with Crippen LogP contribution in [0, 0.1) is 5.41 Å². The molecular formula is C17H25BrClN3O2. The minimum absolute atomic E-state index is 0.00233. The van der Waals surface area contributed by atoms with Gasteiger partial charge in [-0.3, -0.25) is 4.99 Å². The third-order valence-corrected chi connectivity index (χ3v) is 5.38. The third-order valence-electron chi connectivity index (χ3n) is 4.38. The molecule has 0 radical (unpaired) electrons. The summed E-state index contributed by atoms with van der Waals surface area (Å²) < 4.78 is 6.57. The second-order valence-electron chi connectivity index (χ2n) is 6.11. The summed E-state index contributed by atoms with van der Waals surface area (Å²) in [5, 5.41) is 16.7. The summed E-state index contributed by atoms with van der Waals surface area (Å²) in [7, 11) is 1.76. The summed E-state index contributed by atoms with van der Waals surface area (Å²) in [6, 6.07) is 5.80. The number of rotatable bonds is 7. The molecule has 0 aromatic heterocycles. The standard InChI is InChI=1S/C17H25BrClN3O2/c1-20-16(22-11-17(5-8-23)6-9-24-12-17)21-7-4-13-10-14(19)2-3-15(13)18/h2-3,10,23H,4-9,11-12H2,1H3,(H2,20,21,22). The molecule has 7 heteroatoms. The molecule has 1 saturated heterocycles. The lowest BCUT2D eigenvalue weighted by Gasteiger charge is -2.27. The number of ether oxygens (including phenoxy) is 1. The van der Waals surface area contributed by atoms with Crippen molar-refractivity contribution in [3.8, 4) is 0 Å². The van der Waals surface area contributed by atoms with E-state index in [0.717, 1.165) is 60.0 Å². The van der Waals surface area contributed by atoms with Gasteiger partial charge in [0.25, 0.3) is 0 Å². The number of halogens is 2. The maximum Gasteiger partial charge on any atom is 0.191 e. The van der Waals surface area contributed by atoms with E-state index in [-0.39, 0.29) is 12.0 Å². The molecule has 5 nitrogen and oxygen atoms in total. The molecule has 1 aliphatic rings. The summed E-state index contributed by atoms with van der Waals surface area (Å²) in [6.45, 7) is 3.12. The van der Waals surface area contributed by atoms with Crippen molar-refractivity contribution in [3.05, 3.63) is 33.3 Å². The fourth-order valence-electron chi connectivity index (χ4n) is 2.85. The predicted molar refractivity (Wildman–Crippen MR) is 102 cm³/mol. The monoisotopic (exact) mass is 417 g/mol. The molecule has 24 heavy (non-hydrogen) atoms. The number of aliphatic hydroxyl groups is 1. The van der Waals surface area contributed by atoms with Crippen LogP contribution in [0.2, 0.25) is 5.02 Å². The van der Waals surface area contributed by atoms with E-state index in [1.807, 2.05) is 18.2 Å². The van der Waals surface area contributed by atoms with Crippen molar-refractivity contribution in [2.75, 3.05) is 40.0 Å². The maximum absolute atomic E-state index is 9.29. The van der Waals surface area contributed by atoms with Crippen LogP contribution in [0.1, 0.15) is 18.4 Å². The van der Waals surface area contributed by atoms with Crippen molar-refractivity contribution in [2.24, 2.45) is 10.4 Å². The summed E-state index contributed by atoms with van der Waals surface area (Å²) >= 11 is 9.59. The topological polar surface area (TPSA) is 65.9 Å². The molecule has 0 amide bonds. The second kappa shape index (κ2) is 9.61. The van der Waals surface area contributed by atoms with Gasteiger partial charge < -0.3 is 20.5 Å². The lowest BCUT2D eigenvalue weighted by atomic mass is 9.84. The van der Waals surface area contributed by atoms with Gasteiger partial charge in [-0.1, -0.05) is 27.5 Å². The molecule has 1 aliphatic heterocycles. The minimum atomic E-state index is 0.00233. The summed E-state index contributed by atoms with van der Waals surface area (Å²) in [5.74, 6) is 0.761. The van der Waals surface area contributed by atoms with E-state index in [4.69, 9.17) is 16.3 Å². The maximum atomic E-state index is 9.29. The largest absolute Gasteiger partial charge is 0.396 e. The van der Waals surface area contributed by atoms with Crippen molar-refractivity contribution in [1.29, 1.82) is 0 Å². The Hall–Kier alpha value is -0.820. The number of aliphatic hydroxyl groups excluding tert-OH is 1. The first kappa shape index (κ1) is 19.5. The van der Waals surface area contributed by atoms with Gasteiger partial charge in [-0.05, 0) is 43.0 Å². The number of guanidine groups is 1. The van der Waals surface area contributed by atoms with E-state index < -0.39 is 0 Å². The lowest BCUT2D eigenvalue weighted by molar-refractivity contribution is 0.127. The molecule has 0 saturated carbocycles. The molecule has 1 aromatic carbocycles. The Morgan fingerprint density at radius 1 is 1.46 bits per heavy atom. The van der Waals surface area contributed by atoms with Crippen molar-refractivity contribution >= 4 is 33.5 Å². The van der Waals surface area contributed by atoms with Gasteiger partial charge in [0.1, 0.15) is 0 Å². The second-order valence-corrected chi connectivity index (χ2v) is 7.41. The molecule has 134 valence electrons. The Morgan fingerprint density at radius 3 is 2.96 bits per heavy atom. The minimum Gasteiger partial charge on any atom is -0.396 e. The number of hydrogen-bond acceptors (Lipinski definition) is 3. The van der Waals surface area contributed by atoms with Crippen LogP contribution in [-0.4, -0.2) is 51.0 Å². The fourth-order valence-corrected chi connectivity index (χ4v) is 3.49. The average Bonchev–Trinajstić information content (AvgIpc) is 3.03. The normalized spacial score (nSPS) is 21.1. The van der Waals surface area contributed by atoms with E-state index in [1.54, 1.807) is 7.05 Å². The Morgan fingerprint density at radius 2 is 2.29 bits per heavy atom. The molecule has 0 spiro atoms. The van der Waals surface area contributed by atoms with Gasteiger partial charge in [-0.25, -0.2) is 0 Å². The van der Waals surface area contributed by atoms with Crippen LogP contribution in [0.15, 0.2) is 27.7 Å². The molecule has 1 unspecified atom stereocenters. The zero-order valence-corrected chi connectivity index (χ0v) is 16.3. The van der Waals surface area contributed by atoms with Crippen LogP contribution in [0.5, 0.6) is 0 Å². The Kier molecular flexibility index (Phi) is 7.81. The molecule has 1 atom stereocenters. The number of nitrogens with one attached hydrogen (secondary N) is 2. The zero-order chi connectivity index (χ0) is 17.4. The highest BCUT2D eigenvalue weighted by molar-refractivity contribution is 9.10. The SMILES string of the molecule is CN=C(NCCc1cc(Cl)ccc1Br)NCC1(CCO)CCOC1. The van der Waals surface area contributed by atoms with Gasteiger partial charge in [0, 0.05) is 48.3 Å². The molecule has 0 bridgehead atoms. The first-order valence-electron chi connectivity index (χ1n) is 8.16. The average molecular weight is 419 g/mol. The Labute approximate surface area is 157 Å². The predicted octanol–water partition coefficient (Wildman–Crippen LogP) is 2.60. The highest BCUT2D eigenvalue weighted by atomic mass is 79.9. The number of nitrogens with zero attached hydrogens (tertiary/aromatic N) is 1. The smallest absolute Gasteiger partial charge is 0.191 e. The lowest BCUT2D eigenvalue weighted by Crippen LogP contribution is -2.45. The van der Waals surface area contributed by atoms with Crippen LogP contribution in [0.4, 0.5) is 0 Å². The molecule has 3 N–H and O–H groups in total. The first-order chi connectivity index (χ1) is 11.6. The third kappa shape index (κ3) is 5.62. The van der Waals surface area contributed by atoms with Crippen molar-refractivity contribution in [2.45, 2.75) is 19.3 Å². The zero-order valence-electron chi connectivity index (χ0n) is 13.9. The number of hydrogen-bond donors (Lipinski definition) is 3. The summed E-state index contributed by atoms with van der Waals surface area (Å²) in [6.07, 6.45) is 2.55. The first-order valence-corrected chi connectivity index (χ1v) is 9.33. The molecule has 1 heterocycles. The van der Waals surface area contributed by atoms with E-state index in [2.05, 4.69) is 31.6 Å². The van der Waals surface area contributed by atoms with Crippen LogP contribution in [-0.2, 0) is 11.2 Å². The van der Waals surface area contributed by atoms with Crippen LogP contribution < -0.4 is 10.6 Å². The quantitative estimate of drug-likeness (QED) is 0.470. The van der Waals surface area contributed by atoms with Gasteiger partial charge in [0.2, 0.25) is 0 Å². The van der Waals surface area contributed by atoms with Gasteiger partial charge >= 0.3 is 0 Å². The van der Waals surface area contributed by atoms with Crippen LogP contribution in [0.25, 0.3) is 0 Å². The van der Waals surface area contributed by atoms with Crippen molar-refractivity contribution in [1.82, 2.24) is 10.6 Å². The highest BCUT2D eigenvalue weighted by Crippen LogP contribution is 2.31. The van der Waals surface area contributed by atoms with Gasteiger partial charge in [0.05, 0.1) is 6.61 Å². The van der Waals surface area contributed by atoms with E-state index in [1.165, 1.54) is 0 Å². The van der Waals surface area contributed by atoms with Crippen molar-refractivity contribution < 1.29 is 9.84 Å². The Bertz CT molecular complexity index is 563. The van der Waals surface area contributed by atoms with Gasteiger partial charge in [-0.2, -0.15) is 0 Å². The van der Waals surface area contributed by atoms with E-state index in [9.17, 15) is 5.11 Å². The molecule has 0 aliphatic carbocycles. The summed E-state index contributed by atoms with van der Waals surface area (Å²) in [5.41, 5.74) is 1.16. The molecule has 1 fully saturated rings. The van der Waals surface area contributed by atoms with Gasteiger partial charge in [-0.15, -0.1) is 0 Å². The van der Waals surface area contributed by atoms with E-state index >= 15 is 0 Å². The Balaban J connectivity index is 1.81. The van der Waals surface area contributed by atoms with Gasteiger partial charge in [0.15, 0.2) is 5.96 Å². The highest BCUT2D eigenvalue weighted by Gasteiger charge is 2.34. The summed E-state index contributed by atoms with van der Waals surface area (Å²) in [4.78, 5) is 4.26. The number of aliphatic imine (C=N–C) groups is 1. The van der Waals surface area contributed by atoms with Crippen LogP contribution in [0.3, 0.4) is 0 Å². The molecule has 1 aromatic rings.